The van der Waals surface area contributed by atoms with Gasteiger partial charge in [-0.1, -0.05) is 0 Å². The van der Waals surface area contributed by atoms with E-state index >= 15 is 0 Å². The van der Waals surface area contributed by atoms with Gasteiger partial charge < -0.3 is 9.47 Å². The fraction of sp³-hybridized carbons (Fsp3) is 0.308. The fourth-order valence-electron chi connectivity index (χ4n) is 1.57. The smallest absolute Gasteiger partial charge is 0.213 e. The molecule has 2 aromatic rings. The highest BCUT2D eigenvalue weighted by Gasteiger charge is 2.00. The molecule has 0 saturated carbocycles. The van der Waals surface area contributed by atoms with E-state index in [0.717, 1.165) is 16.7 Å². The van der Waals surface area contributed by atoms with E-state index in [1.165, 1.54) is 0 Å². The van der Waals surface area contributed by atoms with Gasteiger partial charge in [0.1, 0.15) is 5.75 Å². The number of aromatic nitrogens is 1. The minimum absolute atomic E-state index is 0.634. The molecular weight excluding hydrogens is 202 g/mol. The monoisotopic (exact) mass is 217 g/mol. The van der Waals surface area contributed by atoms with Crippen molar-refractivity contribution in [1.82, 2.24) is 4.98 Å². The average molecular weight is 217 g/mol. The molecule has 0 N–H and O–H groups in total. The van der Waals surface area contributed by atoms with Gasteiger partial charge in [0.2, 0.25) is 5.88 Å². The lowest BCUT2D eigenvalue weighted by atomic mass is 10.2. The van der Waals surface area contributed by atoms with Crippen LogP contribution in [0.2, 0.25) is 0 Å². The van der Waals surface area contributed by atoms with Gasteiger partial charge in [0.25, 0.3) is 0 Å². The van der Waals surface area contributed by atoms with E-state index in [0.29, 0.717) is 19.1 Å². The molecule has 0 unspecified atom stereocenters. The number of rotatable bonds is 4. The summed E-state index contributed by atoms with van der Waals surface area (Å²) in [7, 11) is 0. The number of fused-ring (bicyclic) bond motifs is 1. The third-order valence-corrected chi connectivity index (χ3v) is 2.24. The first-order valence-electron chi connectivity index (χ1n) is 5.50. The molecule has 0 aliphatic rings. The van der Waals surface area contributed by atoms with Crippen LogP contribution in [0.25, 0.3) is 10.9 Å². The lowest BCUT2D eigenvalue weighted by Gasteiger charge is -2.06. The Morgan fingerprint density at radius 1 is 1.00 bits per heavy atom. The van der Waals surface area contributed by atoms with E-state index in [4.69, 9.17) is 9.47 Å². The van der Waals surface area contributed by atoms with Crippen LogP contribution in [0.4, 0.5) is 0 Å². The van der Waals surface area contributed by atoms with Crippen LogP contribution in [0.15, 0.2) is 30.3 Å². The third-order valence-electron chi connectivity index (χ3n) is 2.24. The number of hydrogen-bond donors (Lipinski definition) is 0. The van der Waals surface area contributed by atoms with Crippen LogP contribution in [-0.2, 0) is 0 Å². The fourth-order valence-corrected chi connectivity index (χ4v) is 1.57. The summed E-state index contributed by atoms with van der Waals surface area (Å²) in [4.78, 5) is 4.39. The molecule has 0 radical (unpaired) electrons. The van der Waals surface area contributed by atoms with Crippen LogP contribution >= 0.6 is 0 Å². The Kier molecular flexibility index (Phi) is 3.25. The normalized spacial score (nSPS) is 10.4. The van der Waals surface area contributed by atoms with Gasteiger partial charge >= 0.3 is 0 Å². The molecule has 0 aliphatic heterocycles. The molecule has 2 rings (SSSR count). The highest BCUT2D eigenvalue weighted by molar-refractivity contribution is 5.80. The number of hydrogen-bond acceptors (Lipinski definition) is 3. The zero-order valence-corrected chi connectivity index (χ0v) is 9.56. The van der Waals surface area contributed by atoms with Crippen molar-refractivity contribution in [2.75, 3.05) is 13.2 Å². The maximum absolute atomic E-state index is 5.43. The molecule has 1 aromatic heterocycles. The first-order chi connectivity index (χ1) is 7.83. The summed E-state index contributed by atoms with van der Waals surface area (Å²) in [5.41, 5.74) is 0.925. The minimum Gasteiger partial charge on any atom is -0.494 e. The van der Waals surface area contributed by atoms with Crippen molar-refractivity contribution in [1.29, 1.82) is 0 Å². The van der Waals surface area contributed by atoms with Crippen LogP contribution in [0.1, 0.15) is 13.8 Å². The molecule has 0 aliphatic carbocycles. The molecule has 1 heterocycles. The summed E-state index contributed by atoms with van der Waals surface area (Å²) >= 11 is 0. The molecule has 1 aromatic carbocycles. The third kappa shape index (κ3) is 2.24. The van der Waals surface area contributed by atoms with Crippen molar-refractivity contribution in [2.24, 2.45) is 0 Å². The molecule has 0 saturated heterocycles. The summed E-state index contributed by atoms with van der Waals surface area (Å²) in [5.74, 6) is 1.54. The zero-order valence-electron chi connectivity index (χ0n) is 9.56. The van der Waals surface area contributed by atoms with Crippen LogP contribution in [0.3, 0.4) is 0 Å². The second kappa shape index (κ2) is 4.84. The van der Waals surface area contributed by atoms with Gasteiger partial charge in [-0.25, -0.2) is 4.98 Å². The van der Waals surface area contributed by atoms with Gasteiger partial charge in [0, 0.05) is 11.5 Å². The molecule has 16 heavy (non-hydrogen) atoms. The highest BCUT2D eigenvalue weighted by atomic mass is 16.5. The van der Waals surface area contributed by atoms with E-state index in [2.05, 4.69) is 4.98 Å². The molecule has 3 nitrogen and oxygen atoms in total. The van der Waals surface area contributed by atoms with Gasteiger partial charge in [-0.3, -0.25) is 0 Å². The van der Waals surface area contributed by atoms with Crippen molar-refractivity contribution < 1.29 is 9.47 Å². The number of nitrogens with zero attached hydrogens (tertiary/aromatic N) is 1. The van der Waals surface area contributed by atoms with Crippen LogP contribution in [0, 0.1) is 0 Å². The van der Waals surface area contributed by atoms with Crippen molar-refractivity contribution >= 4 is 10.9 Å². The van der Waals surface area contributed by atoms with Gasteiger partial charge in [0.05, 0.1) is 18.7 Å². The summed E-state index contributed by atoms with van der Waals surface area (Å²) < 4.78 is 10.8. The molecule has 3 heteroatoms. The Bertz CT molecular complexity index is 437. The Labute approximate surface area is 95.0 Å². The molecule has 0 bridgehead atoms. The summed E-state index contributed by atoms with van der Waals surface area (Å²) in [5, 5.41) is 1.06. The quantitative estimate of drug-likeness (QED) is 0.788. The van der Waals surface area contributed by atoms with E-state index in [-0.39, 0.29) is 0 Å². The Morgan fingerprint density at radius 3 is 2.56 bits per heavy atom. The maximum atomic E-state index is 5.43. The number of ether oxygens (including phenoxy) is 2. The number of benzene rings is 1. The van der Waals surface area contributed by atoms with Gasteiger partial charge in [-0.05, 0) is 38.1 Å². The molecule has 0 spiro atoms. The largest absolute Gasteiger partial charge is 0.494 e. The Balaban J connectivity index is 2.36. The lowest BCUT2D eigenvalue weighted by molar-refractivity contribution is 0.328. The van der Waals surface area contributed by atoms with Crippen molar-refractivity contribution in [3.8, 4) is 11.6 Å². The minimum atomic E-state index is 0.634. The molecule has 0 atom stereocenters. The van der Waals surface area contributed by atoms with E-state index in [1.807, 2.05) is 44.2 Å². The highest BCUT2D eigenvalue weighted by Crippen LogP contribution is 2.21. The molecule has 84 valence electrons. The Morgan fingerprint density at radius 2 is 1.81 bits per heavy atom. The Hall–Kier alpha value is -1.77. The predicted molar refractivity (Wildman–Crippen MR) is 64.1 cm³/mol. The summed E-state index contributed by atoms with van der Waals surface area (Å²) in [6.07, 6.45) is 0. The first-order valence-corrected chi connectivity index (χ1v) is 5.50. The first kappa shape index (κ1) is 10.7. The van der Waals surface area contributed by atoms with Crippen molar-refractivity contribution in [2.45, 2.75) is 13.8 Å². The van der Waals surface area contributed by atoms with Crippen LogP contribution in [-0.4, -0.2) is 18.2 Å². The second-order valence-corrected chi connectivity index (χ2v) is 3.37. The SMILES string of the molecule is CCOc1ccc2nc(OCC)ccc2c1. The summed E-state index contributed by atoms with van der Waals surface area (Å²) in [6, 6.07) is 9.73. The van der Waals surface area contributed by atoms with E-state index in [1.54, 1.807) is 0 Å². The van der Waals surface area contributed by atoms with Crippen LogP contribution in [0.5, 0.6) is 11.6 Å². The maximum Gasteiger partial charge on any atom is 0.213 e. The average Bonchev–Trinajstić information content (AvgIpc) is 2.30. The topological polar surface area (TPSA) is 31.4 Å². The standard InChI is InChI=1S/C13H15NO2/c1-3-15-11-6-7-12-10(9-11)5-8-13(14-12)16-4-2/h5-9H,3-4H2,1-2H3. The van der Waals surface area contributed by atoms with Crippen molar-refractivity contribution in [3.05, 3.63) is 30.3 Å². The van der Waals surface area contributed by atoms with Crippen LogP contribution < -0.4 is 9.47 Å². The number of pyridine rings is 1. The predicted octanol–water partition coefficient (Wildman–Crippen LogP) is 3.03. The van der Waals surface area contributed by atoms with E-state index in [9.17, 15) is 0 Å². The lowest BCUT2D eigenvalue weighted by Crippen LogP contribution is -1.95. The van der Waals surface area contributed by atoms with E-state index < -0.39 is 0 Å². The van der Waals surface area contributed by atoms with Gasteiger partial charge in [0.15, 0.2) is 0 Å². The van der Waals surface area contributed by atoms with Gasteiger partial charge in [-0.15, -0.1) is 0 Å². The summed E-state index contributed by atoms with van der Waals surface area (Å²) in [6.45, 7) is 5.23. The van der Waals surface area contributed by atoms with Crippen molar-refractivity contribution in [3.63, 3.8) is 0 Å². The molecular formula is C13H15NO2. The second-order valence-electron chi connectivity index (χ2n) is 3.37. The van der Waals surface area contributed by atoms with Gasteiger partial charge in [-0.2, -0.15) is 0 Å². The molecule has 0 amide bonds. The zero-order chi connectivity index (χ0) is 11.4. The molecule has 0 fully saturated rings.